The largest absolute Gasteiger partial charge is 0.480 e. The van der Waals surface area contributed by atoms with E-state index in [0.29, 0.717) is 36.3 Å². The van der Waals surface area contributed by atoms with Gasteiger partial charge in [0.2, 0.25) is 5.91 Å². The molecule has 1 aromatic heterocycles. The average Bonchev–Trinajstić information content (AvgIpc) is 3.49. The summed E-state index contributed by atoms with van der Waals surface area (Å²) in [6.45, 7) is 2.83. The van der Waals surface area contributed by atoms with Gasteiger partial charge in [0.25, 0.3) is 0 Å². The van der Waals surface area contributed by atoms with Crippen LogP contribution in [0, 0.1) is 5.41 Å². The number of benzene rings is 2. The number of amides is 1. The minimum atomic E-state index is -1.22. The number of nitrogen functional groups attached to an aromatic ring is 1. The highest BCUT2D eigenvalue weighted by atomic mass is 16.4. The van der Waals surface area contributed by atoms with E-state index in [2.05, 4.69) is 10.6 Å². The van der Waals surface area contributed by atoms with E-state index < -0.39 is 11.5 Å². The van der Waals surface area contributed by atoms with Crippen LogP contribution in [0.3, 0.4) is 0 Å². The summed E-state index contributed by atoms with van der Waals surface area (Å²) in [5.41, 5.74) is 8.09. The van der Waals surface area contributed by atoms with Crippen molar-refractivity contribution in [3.05, 3.63) is 71.6 Å². The number of aliphatic carboxylic acids is 1. The van der Waals surface area contributed by atoms with Gasteiger partial charge in [-0.2, -0.15) is 0 Å². The van der Waals surface area contributed by atoms with Crippen LogP contribution < -0.4 is 16.4 Å². The van der Waals surface area contributed by atoms with Crippen molar-refractivity contribution >= 4 is 34.4 Å². The number of carbonyl (C=O) groups excluding carboxylic acids is 1. The second-order valence-electron chi connectivity index (χ2n) is 8.69. The lowest BCUT2D eigenvalue weighted by atomic mass is 9.89. The summed E-state index contributed by atoms with van der Waals surface area (Å²) in [7, 11) is 1.92. The second kappa shape index (κ2) is 9.59. The summed E-state index contributed by atoms with van der Waals surface area (Å²) in [6, 6.07) is 12.9. The lowest BCUT2D eigenvalue weighted by Crippen LogP contribution is -2.54. The summed E-state index contributed by atoms with van der Waals surface area (Å²) in [4.78, 5) is 31.1. The third-order valence-corrected chi connectivity index (χ3v) is 6.32. The third kappa shape index (κ3) is 4.87. The molecule has 10 heteroatoms. The topological polar surface area (TPSA) is 149 Å². The molecule has 35 heavy (non-hydrogen) atoms. The number of rotatable bonds is 9. The highest BCUT2D eigenvalue weighted by molar-refractivity contribution is 5.95. The van der Waals surface area contributed by atoms with E-state index in [4.69, 9.17) is 16.1 Å². The first kappa shape index (κ1) is 24.0. The van der Waals surface area contributed by atoms with Gasteiger partial charge in [-0.15, -0.1) is 0 Å². The van der Waals surface area contributed by atoms with Gasteiger partial charge in [0.15, 0.2) is 0 Å². The Hall–Kier alpha value is -4.18. The van der Waals surface area contributed by atoms with Crippen LogP contribution in [0.2, 0.25) is 0 Å². The molecule has 0 radical (unpaired) electrons. The minimum Gasteiger partial charge on any atom is -0.480 e. The molecule has 2 heterocycles. The smallest absolute Gasteiger partial charge is 0.317 e. The summed E-state index contributed by atoms with van der Waals surface area (Å²) in [5.74, 6) is -0.405. The van der Waals surface area contributed by atoms with Gasteiger partial charge in [0.05, 0.1) is 24.1 Å². The number of aryl methyl sites for hydroxylation is 1. The number of hydrogen-bond acceptors (Lipinski definition) is 6. The van der Waals surface area contributed by atoms with Gasteiger partial charge in [0.1, 0.15) is 17.2 Å². The SMILES string of the molecule is Cn1c(CNc2ccc(C(=N)N)cc2)nc2cc(C(C)(NCC(=O)O)C(=O)N3CC=CC3)ccc21. The molecule has 1 unspecified atom stereocenters. The van der Waals surface area contributed by atoms with Gasteiger partial charge < -0.3 is 25.6 Å². The molecule has 0 saturated carbocycles. The molecule has 2 aromatic carbocycles. The number of nitrogens with two attached hydrogens (primary N) is 1. The number of carbonyl (C=O) groups is 2. The van der Waals surface area contributed by atoms with Crippen LogP contribution in [-0.2, 0) is 28.7 Å². The summed E-state index contributed by atoms with van der Waals surface area (Å²) < 4.78 is 1.98. The van der Waals surface area contributed by atoms with Crippen LogP contribution >= 0.6 is 0 Å². The maximum atomic E-state index is 13.4. The molecule has 3 aromatic rings. The maximum absolute atomic E-state index is 13.4. The minimum absolute atomic E-state index is 0.0204. The van der Waals surface area contributed by atoms with Gasteiger partial charge in [0, 0.05) is 31.4 Å². The fraction of sp³-hybridized carbons (Fsp3) is 0.280. The van der Waals surface area contributed by atoms with Crippen molar-refractivity contribution in [2.45, 2.75) is 19.0 Å². The number of imidazole rings is 1. The zero-order chi connectivity index (χ0) is 25.2. The van der Waals surface area contributed by atoms with Crippen molar-refractivity contribution in [1.82, 2.24) is 19.8 Å². The van der Waals surface area contributed by atoms with E-state index >= 15 is 0 Å². The molecule has 4 rings (SSSR count). The number of nitrogens with zero attached hydrogens (tertiary/aromatic N) is 3. The quantitative estimate of drug-likeness (QED) is 0.180. The van der Waals surface area contributed by atoms with Gasteiger partial charge in [-0.1, -0.05) is 18.2 Å². The highest BCUT2D eigenvalue weighted by Gasteiger charge is 2.39. The Morgan fingerprint density at radius 3 is 2.49 bits per heavy atom. The van der Waals surface area contributed by atoms with Gasteiger partial charge in [-0.05, 0) is 48.9 Å². The van der Waals surface area contributed by atoms with E-state index in [9.17, 15) is 14.7 Å². The number of carboxylic acids is 1. The molecule has 10 nitrogen and oxygen atoms in total. The molecular weight excluding hydrogens is 446 g/mol. The monoisotopic (exact) mass is 475 g/mol. The third-order valence-electron chi connectivity index (χ3n) is 6.32. The number of anilines is 1. The molecule has 0 fully saturated rings. The molecule has 6 N–H and O–H groups in total. The lowest BCUT2D eigenvalue weighted by Gasteiger charge is -2.33. The Bertz CT molecular complexity index is 1300. The molecule has 1 atom stereocenters. The van der Waals surface area contributed by atoms with Crippen LogP contribution in [0.4, 0.5) is 5.69 Å². The molecule has 182 valence electrons. The molecule has 1 amide bonds. The number of aromatic nitrogens is 2. The van der Waals surface area contributed by atoms with Crippen molar-refractivity contribution < 1.29 is 14.7 Å². The Kier molecular flexibility index (Phi) is 6.57. The zero-order valence-corrected chi connectivity index (χ0v) is 19.7. The van der Waals surface area contributed by atoms with Gasteiger partial charge in [-0.3, -0.25) is 20.3 Å². The van der Waals surface area contributed by atoms with E-state index in [1.807, 2.05) is 54.1 Å². The van der Waals surface area contributed by atoms with E-state index in [-0.39, 0.29) is 18.3 Å². The number of fused-ring (bicyclic) bond motifs is 1. The molecule has 0 spiro atoms. The Morgan fingerprint density at radius 1 is 1.17 bits per heavy atom. The Morgan fingerprint density at radius 2 is 1.86 bits per heavy atom. The predicted molar refractivity (Wildman–Crippen MR) is 134 cm³/mol. The molecule has 1 aliphatic heterocycles. The fourth-order valence-electron chi connectivity index (χ4n) is 4.18. The molecule has 0 bridgehead atoms. The van der Waals surface area contributed by atoms with Crippen LogP contribution in [0.15, 0.2) is 54.6 Å². The number of nitrogens with one attached hydrogen (secondary N) is 3. The maximum Gasteiger partial charge on any atom is 0.317 e. The van der Waals surface area contributed by atoms with Crippen molar-refractivity contribution in [2.24, 2.45) is 12.8 Å². The van der Waals surface area contributed by atoms with Crippen molar-refractivity contribution in [1.29, 1.82) is 5.41 Å². The van der Waals surface area contributed by atoms with E-state index in [1.54, 1.807) is 24.0 Å². The standard InChI is InChI=1S/C25H29N7O3/c1-25(29-15-22(33)34,24(35)32-11-3-4-12-32)17-7-10-20-19(13-17)30-21(31(20)2)14-28-18-8-5-16(6-9-18)23(26)27/h3-10,13,28-29H,11-12,14-15H2,1-2H3,(H3,26,27)(H,33,34). The first-order valence-electron chi connectivity index (χ1n) is 11.2. The van der Waals surface area contributed by atoms with Crippen molar-refractivity contribution in [3.8, 4) is 0 Å². The summed E-state index contributed by atoms with van der Waals surface area (Å²) >= 11 is 0. The van der Waals surface area contributed by atoms with E-state index in [0.717, 1.165) is 17.0 Å². The van der Waals surface area contributed by atoms with Crippen molar-refractivity contribution in [2.75, 3.05) is 25.0 Å². The van der Waals surface area contributed by atoms with Gasteiger partial charge >= 0.3 is 5.97 Å². The second-order valence-corrected chi connectivity index (χ2v) is 8.69. The normalized spacial score (nSPS) is 14.7. The first-order chi connectivity index (χ1) is 16.7. The van der Waals surface area contributed by atoms with E-state index in [1.165, 1.54) is 0 Å². The number of carboxylic acid groups (broad SMARTS) is 1. The molecule has 0 aliphatic carbocycles. The fourth-order valence-corrected chi connectivity index (χ4v) is 4.18. The lowest BCUT2D eigenvalue weighted by molar-refractivity contribution is -0.139. The predicted octanol–water partition coefficient (Wildman–Crippen LogP) is 1.76. The summed E-state index contributed by atoms with van der Waals surface area (Å²) in [6.07, 6.45) is 3.84. The number of amidine groups is 1. The summed E-state index contributed by atoms with van der Waals surface area (Å²) in [5, 5.41) is 23.0. The van der Waals surface area contributed by atoms with Crippen LogP contribution in [0.1, 0.15) is 23.9 Å². The van der Waals surface area contributed by atoms with Crippen molar-refractivity contribution in [3.63, 3.8) is 0 Å². The average molecular weight is 476 g/mol. The number of hydrogen-bond donors (Lipinski definition) is 5. The Balaban J connectivity index is 1.60. The molecule has 0 saturated heterocycles. The first-order valence-corrected chi connectivity index (χ1v) is 11.2. The van der Waals surface area contributed by atoms with Crippen LogP contribution in [-0.4, -0.2) is 56.9 Å². The molecular formula is C25H29N7O3. The molecule has 1 aliphatic rings. The van der Waals surface area contributed by atoms with Crippen LogP contribution in [0.25, 0.3) is 11.0 Å². The highest BCUT2D eigenvalue weighted by Crippen LogP contribution is 2.28. The zero-order valence-electron chi connectivity index (χ0n) is 19.7. The van der Waals surface area contributed by atoms with Gasteiger partial charge in [-0.25, -0.2) is 4.98 Å². The van der Waals surface area contributed by atoms with Crippen LogP contribution in [0.5, 0.6) is 0 Å². The Labute approximate surface area is 202 Å².